The minimum Gasteiger partial charge on any atom is -0.326 e. The highest BCUT2D eigenvalue weighted by molar-refractivity contribution is 8.00. The number of hydrogen-bond donors (Lipinski definition) is 0. The van der Waals surface area contributed by atoms with Crippen LogP contribution in [0.2, 0.25) is 0 Å². The van der Waals surface area contributed by atoms with Gasteiger partial charge in [-0.15, -0.1) is 10.2 Å². The molecule has 148 valence electrons. The number of carbonyl (C=O) groups excluding carboxylic acids is 1. The molecule has 1 aliphatic carbocycles. The van der Waals surface area contributed by atoms with Crippen LogP contribution in [0.25, 0.3) is 11.4 Å². The number of pyridine rings is 1. The molecular weight excluding hydrogens is 372 g/mol. The molecular formula is C20H26N6OS. The zero-order valence-electron chi connectivity index (χ0n) is 16.6. The average Bonchev–Trinajstić information content (AvgIpc) is 3.16. The molecule has 0 radical (unpaired) electrons. The van der Waals surface area contributed by atoms with Gasteiger partial charge in [-0.05, 0) is 38.8 Å². The van der Waals surface area contributed by atoms with E-state index in [0.29, 0.717) is 11.7 Å². The van der Waals surface area contributed by atoms with E-state index >= 15 is 0 Å². The van der Waals surface area contributed by atoms with Gasteiger partial charge in [-0.3, -0.25) is 9.78 Å². The molecule has 0 spiro atoms. The quantitative estimate of drug-likeness (QED) is 0.692. The number of aromatic nitrogens is 4. The van der Waals surface area contributed by atoms with E-state index in [-0.39, 0.29) is 11.2 Å². The van der Waals surface area contributed by atoms with Crippen LogP contribution in [0.3, 0.4) is 0 Å². The maximum Gasteiger partial charge on any atom is 0.236 e. The molecule has 1 amide bonds. The van der Waals surface area contributed by atoms with E-state index in [2.05, 4.69) is 21.3 Å². The number of hydrogen-bond acceptors (Lipinski definition) is 6. The molecule has 2 heterocycles. The Labute approximate surface area is 170 Å². The van der Waals surface area contributed by atoms with Crippen molar-refractivity contribution < 1.29 is 4.79 Å². The van der Waals surface area contributed by atoms with Gasteiger partial charge < -0.3 is 9.47 Å². The van der Waals surface area contributed by atoms with Gasteiger partial charge in [0.25, 0.3) is 0 Å². The van der Waals surface area contributed by atoms with Crippen LogP contribution in [0.4, 0.5) is 0 Å². The van der Waals surface area contributed by atoms with E-state index < -0.39 is 5.54 Å². The molecule has 2 aromatic rings. The monoisotopic (exact) mass is 398 g/mol. The van der Waals surface area contributed by atoms with Crippen molar-refractivity contribution in [2.75, 3.05) is 7.05 Å². The lowest BCUT2D eigenvalue weighted by atomic mass is 9.81. The molecule has 0 N–H and O–H groups in total. The smallest absolute Gasteiger partial charge is 0.236 e. The molecule has 0 bridgehead atoms. The molecule has 0 aromatic carbocycles. The van der Waals surface area contributed by atoms with Crippen LogP contribution >= 0.6 is 11.8 Å². The highest BCUT2D eigenvalue weighted by atomic mass is 32.2. The van der Waals surface area contributed by atoms with Gasteiger partial charge in [0.15, 0.2) is 11.0 Å². The molecule has 8 heteroatoms. The first-order valence-electron chi connectivity index (χ1n) is 9.71. The third-order valence-electron chi connectivity index (χ3n) is 5.46. The Kier molecular flexibility index (Phi) is 6.35. The molecule has 1 atom stereocenters. The second-order valence-electron chi connectivity index (χ2n) is 7.15. The lowest BCUT2D eigenvalue weighted by molar-refractivity contribution is -0.133. The number of carbonyl (C=O) groups is 1. The van der Waals surface area contributed by atoms with Crippen LogP contribution in [-0.4, -0.2) is 48.4 Å². The van der Waals surface area contributed by atoms with Crippen molar-refractivity contribution in [3.63, 3.8) is 0 Å². The predicted molar refractivity (Wildman–Crippen MR) is 108 cm³/mol. The van der Waals surface area contributed by atoms with Gasteiger partial charge in [0.1, 0.15) is 5.54 Å². The number of nitrogens with zero attached hydrogens (tertiary/aromatic N) is 6. The minimum atomic E-state index is -0.676. The average molecular weight is 399 g/mol. The molecule has 0 saturated heterocycles. The third-order valence-corrected chi connectivity index (χ3v) is 6.53. The Morgan fingerprint density at radius 3 is 2.61 bits per heavy atom. The van der Waals surface area contributed by atoms with E-state index in [9.17, 15) is 10.1 Å². The minimum absolute atomic E-state index is 0.0374. The Morgan fingerprint density at radius 1 is 1.32 bits per heavy atom. The first-order chi connectivity index (χ1) is 13.5. The second kappa shape index (κ2) is 8.74. The van der Waals surface area contributed by atoms with Crippen LogP contribution < -0.4 is 0 Å². The third kappa shape index (κ3) is 3.90. The fraction of sp³-hybridized carbons (Fsp3) is 0.550. The lowest BCUT2D eigenvalue weighted by Gasteiger charge is -2.40. The highest BCUT2D eigenvalue weighted by Gasteiger charge is 2.40. The van der Waals surface area contributed by atoms with Crippen molar-refractivity contribution in [3.05, 3.63) is 24.5 Å². The number of thioether (sulfide) groups is 1. The van der Waals surface area contributed by atoms with Crippen molar-refractivity contribution in [2.24, 2.45) is 0 Å². The van der Waals surface area contributed by atoms with Crippen molar-refractivity contribution in [1.82, 2.24) is 24.6 Å². The van der Waals surface area contributed by atoms with Gasteiger partial charge in [0, 0.05) is 31.5 Å². The van der Waals surface area contributed by atoms with E-state index in [1.807, 2.05) is 30.5 Å². The van der Waals surface area contributed by atoms with Crippen LogP contribution in [0.5, 0.6) is 0 Å². The summed E-state index contributed by atoms with van der Waals surface area (Å²) in [5, 5.41) is 18.8. The van der Waals surface area contributed by atoms with Crippen LogP contribution in [0, 0.1) is 11.3 Å². The topological polar surface area (TPSA) is 87.7 Å². The second-order valence-corrected chi connectivity index (χ2v) is 8.46. The van der Waals surface area contributed by atoms with E-state index in [1.165, 1.54) is 11.8 Å². The fourth-order valence-corrected chi connectivity index (χ4v) is 4.73. The Balaban J connectivity index is 1.77. The van der Waals surface area contributed by atoms with Gasteiger partial charge in [-0.2, -0.15) is 5.26 Å². The molecule has 28 heavy (non-hydrogen) atoms. The SMILES string of the molecule is CCn1c(S[C@@H](C)C(=O)N(C)C2(C#N)CCCCC2)nnc1-c1ccncc1. The van der Waals surface area contributed by atoms with E-state index in [1.54, 1.807) is 24.3 Å². The van der Waals surface area contributed by atoms with Gasteiger partial charge in [-0.25, -0.2) is 0 Å². The highest BCUT2D eigenvalue weighted by Crippen LogP contribution is 2.34. The van der Waals surface area contributed by atoms with Crippen molar-refractivity contribution >= 4 is 17.7 Å². The lowest BCUT2D eigenvalue weighted by Crippen LogP contribution is -2.52. The standard InChI is InChI=1S/C20H26N6OS/c1-4-26-17(16-8-12-22-13-9-16)23-24-19(26)28-15(2)18(27)25(3)20(14-21)10-6-5-7-11-20/h8-9,12-13,15H,4-7,10-11H2,1-3H3/t15-/m0/s1. The summed E-state index contributed by atoms with van der Waals surface area (Å²) in [6.07, 6.45) is 8.07. The van der Waals surface area contributed by atoms with Crippen LogP contribution in [-0.2, 0) is 11.3 Å². The van der Waals surface area contributed by atoms with Gasteiger partial charge in [-0.1, -0.05) is 31.0 Å². The summed E-state index contributed by atoms with van der Waals surface area (Å²) in [4.78, 5) is 18.8. The van der Waals surface area contributed by atoms with Gasteiger partial charge >= 0.3 is 0 Å². The van der Waals surface area contributed by atoms with Crippen molar-refractivity contribution in [1.29, 1.82) is 5.26 Å². The number of rotatable bonds is 6. The zero-order valence-corrected chi connectivity index (χ0v) is 17.4. The van der Waals surface area contributed by atoms with Crippen LogP contribution in [0.1, 0.15) is 46.0 Å². The maximum atomic E-state index is 13.1. The summed E-state index contributed by atoms with van der Waals surface area (Å²) >= 11 is 1.39. The van der Waals surface area contributed by atoms with Gasteiger partial charge in [0.05, 0.1) is 11.3 Å². The summed E-state index contributed by atoms with van der Waals surface area (Å²) < 4.78 is 2.00. The molecule has 1 fully saturated rings. The molecule has 0 unspecified atom stereocenters. The first-order valence-corrected chi connectivity index (χ1v) is 10.6. The Hall–Kier alpha value is -2.40. The summed E-state index contributed by atoms with van der Waals surface area (Å²) in [6.45, 7) is 4.60. The summed E-state index contributed by atoms with van der Waals surface area (Å²) in [5.74, 6) is 0.728. The maximum absolute atomic E-state index is 13.1. The molecule has 7 nitrogen and oxygen atoms in total. The normalized spacial score (nSPS) is 16.9. The largest absolute Gasteiger partial charge is 0.326 e. The number of amides is 1. The van der Waals surface area contributed by atoms with Crippen molar-refractivity contribution in [2.45, 2.75) is 68.4 Å². The fourth-order valence-electron chi connectivity index (χ4n) is 3.73. The Bertz CT molecular complexity index is 853. The summed E-state index contributed by atoms with van der Waals surface area (Å²) in [5.41, 5.74) is 0.267. The molecule has 1 aliphatic rings. The zero-order chi connectivity index (χ0) is 20.1. The van der Waals surface area contributed by atoms with E-state index in [0.717, 1.165) is 43.5 Å². The first kappa shape index (κ1) is 20.3. The molecule has 3 rings (SSSR count). The van der Waals surface area contributed by atoms with E-state index in [4.69, 9.17) is 0 Å². The number of nitriles is 1. The Morgan fingerprint density at radius 2 is 2.00 bits per heavy atom. The summed E-state index contributed by atoms with van der Waals surface area (Å²) in [6, 6.07) is 6.21. The molecule has 1 saturated carbocycles. The predicted octanol–water partition coefficient (Wildman–Crippen LogP) is 3.53. The van der Waals surface area contributed by atoms with Crippen molar-refractivity contribution in [3.8, 4) is 17.5 Å². The van der Waals surface area contributed by atoms with Crippen LogP contribution in [0.15, 0.2) is 29.7 Å². The molecule has 0 aliphatic heterocycles. The summed E-state index contributed by atoms with van der Waals surface area (Å²) in [7, 11) is 1.76. The van der Waals surface area contributed by atoms with Gasteiger partial charge in [0.2, 0.25) is 5.91 Å². The molecule has 2 aromatic heterocycles.